The molecule has 0 aliphatic rings. The Morgan fingerprint density at radius 1 is 0.521 bits per heavy atom. The number of fused-ring (bicyclic) bond motifs is 6. The van der Waals surface area contributed by atoms with E-state index in [2.05, 4.69) is 148 Å². The highest BCUT2D eigenvalue weighted by Crippen LogP contribution is 2.41. The quantitative estimate of drug-likeness (QED) is 0.196. The van der Waals surface area contributed by atoms with Crippen molar-refractivity contribution in [1.82, 2.24) is 24.1 Å². The van der Waals surface area contributed by atoms with Crippen molar-refractivity contribution < 1.29 is 0 Å². The topological polar surface area (TPSA) is 72.3 Å². The number of benzene rings is 5. The van der Waals surface area contributed by atoms with E-state index in [0.29, 0.717) is 11.4 Å². The first-order valence-electron chi connectivity index (χ1n) is 16.4. The van der Waals surface area contributed by atoms with Gasteiger partial charge in [0.1, 0.15) is 11.6 Å². The summed E-state index contributed by atoms with van der Waals surface area (Å²) in [4.78, 5) is 15.1. The average molecular weight is 625 g/mol. The predicted octanol–water partition coefficient (Wildman–Crippen LogP) is 10.2. The molecule has 0 radical (unpaired) electrons. The molecule has 234 valence electrons. The van der Waals surface area contributed by atoms with Crippen molar-refractivity contribution in [3.63, 3.8) is 0 Å². The van der Waals surface area contributed by atoms with Gasteiger partial charge in [-0.05, 0) is 48.5 Å². The molecular weight excluding hydrogens is 589 g/mol. The van der Waals surface area contributed by atoms with Gasteiger partial charge in [-0.3, -0.25) is 0 Å². The van der Waals surface area contributed by atoms with Gasteiger partial charge in [0.15, 0.2) is 5.82 Å². The van der Waals surface area contributed by atoms with Gasteiger partial charge in [-0.25, -0.2) is 15.0 Å². The lowest BCUT2D eigenvalue weighted by atomic mass is 9.92. The Hall–Kier alpha value is -5.80. The van der Waals surface area contributed by atoms with E-state index < -0.39 is 0 Å². The molecule has 6 heteroatoms. The fraction of sp³-hybridized carbons (Fsp3) is 0.190. The standard InChI is InChI=1S/C42H36N6/c1-41(2,3)39-44-38(45-40(46-39)42(4,5)6)30-24-26(25-43)22-23-34(30)48-33-19-12-9-16-29(33)37-35(20-13-21-36(37)48)47-31-17-10-7-14-27(31)28-15-8-11-18-32(28)47/h7-24H,1-6H3. The van der Waals surface area contributed by atoms with E-state index >= 15 is 0 Å². The minimum absolute atomic E-state index is 0.297. The van der Waals surface area contributed by atoms with Crippen LogP contribution < -0.4 is 0 Å². The molecule has 0 bridgehead atoms. The Balaban J connectivity index is 1.49. The first kappa shape index (κ1) is 29.6. The monoisotopic (exact) mass is 624 g/mol. The zero-order valence-corrected chi connectivity index (χ0v) is 28.1. The number of hydrogen-bond donors (Lipinski definition) is 0. The zero-order valence-electron chi connectivity index (χ0n) is 28.1. The van der Waals surface area contributed by atoms with E-state index in [1.165, 1.54) is 10.8 Å². The van der Waals surface area contributed by atoms with Crippen molar-refractivity contribution in [2.75, 3.05) is 0 Å². The minimum Gasteiger partial charge on any atom is -0.309 e. The average Bonchev–Trinajstić information content (AvgIpc) is 3.60. The Morgan fingerprint density at radius 3 is 1.58 bits per heavy atom. The van der Waals surface area contributed by atoms with Gasteiger partial charge in [0.2, 0.25) is 0 Å². The predicted molar refractivity (Wildman–Crippen MR) is 196 cm³/mol. The van der Waals surface area contributed by atoms with Crippen LogP contribution in [0.1, 0.15) is 58.8 Å². The van der Waals surface area contributed by atoms with Crippen molar-refractivity contribution >= 4 is 43.6 Å². The normalized spacial score (nSPS) is 12.4. The van der Waals surface area contributed by atoms with Crippen molar-refractivity contribution in [1.29, 1.82) is 5.26 Å². The largest absolute Gasteiger partial charge is 0.309 e. The smallest absolute Gasteiger partial charge is 0.165 e. The molecule has 8 rings (SSSR count). The second kappa shape index (κ2) is 10.6. The fourth-order valence-corrected chi connectivity index (χ4v) is 6.78. The summed E-state index contributed by atoms with van der Waals surface area (Å²) in [5.74, 6) is 2.01. The third-order valence-electron chi connectivity index (χ3n) is 9.08. The number of nitrogens with zero attached hydrogens (tertiary/aromatic N) is 6. The molecule has 0 spiro atoms. The van der Waals surface area contributed by atoms with Gasteiger partial charge in [0, 0.05) is 37.9 Å². The van der Waals surface area contributed by atoms with Gasteiger partial charge in [-0.15, -0.1) is 0 Å². The molecule has 3 heterocycles. The molecule has 48 heavy (non-hydrogen) atoms. The number of hydrogen-bond acceptors (Lipinski definition) is 4. The van der Waals surface area contributed by atoms with Gasteiger partial charge < -0.3 is 9.13 Å². The highest BCUT2D eigenvalue weighted by atomic mass is 15.1. The number of rotatable bonds is 3. The van der Waals surface area contributed by atoms with Crippen molar-refractivity contribution in [3.8, 4) is 28.8 Å². The second-order valence-corrected chi connectivity index (χ2v) is 14.5. The van der Waals surface area contributed by atoms with Gasteiger partial charge in [-0.1, -0.05) is 102 Å². The molecule has 3 aromatic heterocycles. The summed E-state index contributed by atoms with van der Waals surface area (Å²) in [5.41, 5.74) is 7.21. The second-order valence-electron chi connectivity index (χ2n) is 14.5. The van der Waals surface area contributed by atoms with Crippen LogP contribution in [-0.2, 0) is 10.8 Å². The Labute approximate surface area is 280 Å². The van der Waals surface area contributed by atoms with Crippen molar-refractivity contribution in [2.24, 2.45) is 0 Å². The van der Waals surface area contributed by atoms with E-state index in [9.17, 15) is 5.26 Å². The van der Waals surface area contributed by atoms with Crippen LogP contribution in [0.25, 0.3) is 66.4 Å². The molecular formula is C42H36N6. The third-order valence-corrected chi connectivity index (χ3v) is 9.08. The molecule has 5 aromatic carbocycles. The van der Waals surface area contributed by atoms with Gasteiger partial charge in [0.25, 0.3) is 0 Å². The van der Waals surface area contributed by atoms with Crippen molar-refractivity contribution in [3.05, 3.63) is 126 Å². The first-order chi connectivity index (χ1) is 23.0. The first-order valence-corrected chi connectivity index (χ1v) is 16.4. The molecule has 0 fully saturated rings. The van der Waals surface area contributed by atoms with Crippen molar-refractivity contribution in [2.45, 2.75) is 52.4 Å². The summed E-state index contributed by atoms with van der Waals surface area (Å²) in [6, 6.07) is 40.5. The third kappa shape index (κ3) is 4.57. The maximum Gasteiger partial charge on any atom is 0.165 e. The number of aromatic nitrogens is 5. The molecule has 0 amide bonds. The molecule has 0 saturated carbocycles. The summed E-state index contributed by atoms with van der Waals surface area (Å²) in [7, 11) is 0. The number of para-hydroxylation sites is 3. The van der Waals surface area contributed by atoms with E-state index in [1.54, 1.807) is 0 Å². The van der Waals surface area contributed by atoms with Gasteiger partial charge >= 0.3 is 0 Å². The Kier molecular flexibility index (Phi) is 6.54. The van der Waals surface area contributed by atoms with Crippen LogP contribution in [0.4, 0.5) is 0 Å². The molecule has 0 aliphatic carbocycles. The van der Waals surface area contributed by atoms with E-state index in [4.69, 9.17) is 15.0 Å². The van der Waals surface area contributed by atoms with Crippen LogP contribution in [0, 0.1) is 11.3 Å². The zero-order chi connectivity index (χ0) is 33.4. The maximum absolute atomic E-state index is 10.0. The maximum atomic E-state index is 10.0. The SMILES string of the molecule is CC(C)(C)c1nc(-c2cc(C#N)ccc2-n2c3ccccc3c3c(-n4c5ccccc5c5ccccc54)cccc32)nc(C(C)(C)C)n1. The summed E-state index contributed by atoms with van der Waals surface area (Å²) in [6.45, 7) is 12.7. The molecule has 0 saturated heterocycles. The van der Waals surface area contributed by atoms with Crippen LogP contribution in [0.5, 0.6) is 0 Å². The van der Waals surface area contributed by atoms with Gasteiger partial charge in [-0.2, -0.15) is 5.26 Å². The van der Waals surface area contributed by atoms with Crippen LogP contribution in [0.15, 0.2) is 109 Å². The lowest BCUT2D eigenvalue weighted by Crippen LogP contribution is -2.24. The molecule has 0 N–H and O–H groups in total. The Bertz CT molecular complexity index is 2510. The highest BCUT2D eigenvalue weighted by molar-refractivity contribution is 6.16. The van der Waals surface area contributed by atoms with E-state index in [-0.39, 0.29) is 10.8 Å². The molecule has 6 nitrogen and oxygen atoms in total. The Morgan fingerprint density at radius 2 is 1.02 bits per heavy atom. The summed E-state index contributed by atoms with van der Waals surface area (Å²) in [5, 5.41) is 14.8. The molecule has 8 aromatic rings. The minimum atomic E-state index is -0.297. The fourth-order valence-electron chi connectivity index (χ4n) is 6.78. The van der Waals surface area contributed by atoms with Crippen LogP contribution in [-0.4, -0.2) is 24.1 Å². The lowest BCUT2D eigenvalue weighted by Gasteiger charge is -2.23. The van der Waals surface area contributed by atoms with E-state index in [0.717, 1.165) is 61.4 Å². The van der Waals surface area contributed by atoms with E-state index in [1.807, 2.05) is 18.2 Å². The lowest BCUT2D eigenvalue weighted by molar-refractivity contribution is 0.497. The summed E-state index contributed by atoms with van der Waals surface area (Å²) in [6.07, 6.45) is 0. The van der Waals surface area contributed by atoms with Gasteiger partial charge in [0.05, 0.1) is 45.1 Å². The molecule has 0 unspecified atom stereocenters. The van der Waals surface area contributed by atoms with Crippen LogP contribution in [0.3, 0.4) is 0 Å². The summed E-state index contributed by atoms with van der Waals surface area (Å²) >= 11 is 0. The summed E-state index contributed by atoms with van der Waals surface area (Å²) < 4.78 is 4.69. The number of nitriles is 1. The molecule has 0 atom stereocenters. The highest BCUT2D eigenvalue weighted by Gasteiger charge is 2.27. The van der Waals surface area contributed by atoms with Crippen LogP contribution in [0.2, 0.25) is 0 Å². The van der Waals surface area contributed by atoms with Crippen LogP contribution >= 0.6 is 0 Å². The molecule has 0 aliphatic heterocycles.